The molecule has 1 aromatic carbocycles. The lowest BCUT2D eigenvalue weighted by atomic mass is 10.1. The van der Waals surface area contributed by atoms with Gasteiger partial charge in [0, 0.05) is 24.1 Å². The van der Waals surface area contributed by atoms with E-state index in [1.165, 1.54) is 12.1 Å². The number of aromatic nitrogens is 1. The van der Waals surface area contributed by atoms with Crippen LogP contribution in [0.5, 0.6) is 0 Å². The molecule has 1 aliphatic heterocycles. The van der Waals surface area contributed by atoms with Crippen molar-refractivity contribution in [3.8, 4) is 0 Å². The van der Waals surface area contributed by atoms with Crippen molar-refractivity contribution < 1.29 is 14.5 Å². The van der Waals surface area contributed by atoms with Gasteiger partial charge in [0.1, 0.15) is 5.82 Å². The number of hydrogen-bond donors (Lipinski definition) is 1. The third-order valence-corrected chi connectivity index (χ3v) is 3.59. The molecule has 1 N–H and O–H groups in total. The van der Waals surface area contributed by atoms with Crippen molar-refractivity contribution in [2.75, 3.05) is 11.9 Å². The van der Waals surface area contributed by atoms with Crippen LogP contribution in [-0.2, 0) is 9.53 Å². The molecule has 1 aromatic heterocycles. The lowest BCUT2D eigenvalue weighted by Gasteiger charge is -2.09. The van der Waals surface area contributed by atoms with Crippen LogP contribution in [0.15, 0.2) is 30.3 Å². The first-order valence-corrected chi connectivity index (χ1v) is 7.08. The Morgan fingerprint density at radius 3 is 3.00 bits per heavy atom. The molecule has 2 aromatic rings. The normalized spacial score (nSPS) is 17.5. The summed E-state index contributed by atoms with van der Waals surface area (Å²) >= 11 is 0. The average molecular weight is 301 g/mol. The highest BCUT2D eigenvalue weighted by Crippen LogP contribution is 2.21. The molecule has 0 spiro atoms. The van der Waals surface area contributed by atoms with E-state index in [0.717, 1.165) is 12.8 Å². The summed E-state index contributed by atoms with van der Waals surface area (Å²) < 4.78 is 5.42. The number of pyridine rings is 1. The number of rotatable bonds is 4. The van der Waals surface area contributed by atoms with E-state index in [1.54, 1.807) is 18.2 Å². The van der Waals surface area contributed by atoms with E-state index in [1.807, 2.05) is 0 Å². The van der Waals surface area contributed by atoms with E-state index in [2.05, 4.69) is 10.3 Å². The Hall–Kier alpha value is -2.54. The Bertz CT molecular complexity index is 726. The maximum Gasteiger partial charge on any atom is 0.270 e. The number of non-ortho nitro benzene ring substituents is 1. The number of benzene rings is 1. The summed E-state index contributed by atoms with van der Waals surface area (Å²) in [7, 11) is 0. The fraction of sp³-hybridized carbons (Fsp3) is 0.333. The number of nitrogens with zero attached hydrogens (tertiary/aromatic N) is 2. The molecule has 1 atom stereocenters. The van der Waals surface area contributed by atoms with Gasteiger partial charge in [-0.05, 0) is 31.0 Å². The van der Waals surface area contributed by atoms with E-state index in [9.17, 15) is 14.9 Å². The Balaban J connectivity index is 1.72. The van der Waals surface area contributed by atoms with Gasteiger partial charge < -0.3 is 10.1 Å². The van der Waals surface area contributed by atoms with Gasteiger partial charge in [-0.3, -0.25) is 14.9 Å². The monoisotopic (exact) mass is 301 g/mol. The maximum atomic E-state index is 11.9. The van der Waals surface area contributed by atoms with Crippen molar-refractivity contribution in [2.24, 2.45) is 0 Å². The molecular formula is C15H15N3O4. The summed E-state index contributed by atoms with van der Waals surface area (Å²) in [5.41, 5.74) is 0.616. The highest BCUT2D eigenvalue weighted by atomic mass is 16.6. The summed E-state index contributed by atoms with van der Waals surface area (Å²) in [4.78, 5) is 26.5. The van der Waals surface area contributed by atoms with Gasteiger partial charge in [0.05, 0.1) is 23.0 Å². The van der Waals surface area contributed by atoms with Gasteiger partial charge in [-0.15, -0.1) is 0 Å². The van der Waals surface area contributed by atoms with Crippen LogP contribution >= 0.6 is 0 Å². The lowest BCUT2D eigenvalue weighted by molar-refractivity contribution is -0.384. The van der Waals surface area contributed by atoms with Crippen LogP contribution in [0.4, 0.5) is 11.5 Å². The highest BCUT2D eigenvalue weighted by Gasteiger charge is 2.19. The van der Waals surface area contributed by atoms with Gasteiger partial charge in [0.25, 0.3) is 5.69 Å². The van der Waals surface area contributed by atoms with E-state index in [0.29, 0.717) is 29.7 Å². The summed E-state index contributed by atoms with van der Waals surface area (Å²) in [5, 5.41) is 14.1. The van der Waals surface area contributed by atoms with Crippen LogP contribution in [0.1, 0.15) is 19.3 Å². The van der Waals surface area contributed by atoms with Gasteiger partial charge in [-0.2, -0.15) is 0 Å². The molecular weight excluding hydrogens is 286 g/mol. The Labute approximate surface area is 126 Å². The Kier molecular flexibility index (Phi) is 3.97. The average Bonchev–Trinajstić information content (AvgIpc) is 2.99. The van der Waals surface area contributed by atoms with E-state index < -0.39 is 4.92 Å². The van der Waals surface area contributed by atoms with Crippen molar-refractivity contribution in [3.63, 3.8) is 0 Å². The minimum atomic E-state index is -0.448. The first kappa shape index (κ1) is 14.4. The zero-order valence-electron chi connectivity index (χ0n) is 11.8. The van der Waals surface area contributed by atoms with Crippen LogP contribution in [0.3, 0.4) is 0 Å². The van der Waals surface area contributed by atoms with Gasteiger partial charge in [-0.1, -0.05) is 0 Å². The SMILES string of the molecule is O=C(C[C@@H]1CCCO1)Nc1ccc2cc([N+](=O)[O-])ccc2n1. The van der Waals surface area contributed by atoms with Crippen LogP contribution in [0.2, 0.25) is 0 Å². The highest BCUT2D eigenvalue weighted by molar-refractivity contribution is 5.92. The fourth-order valence-corrected chi connectivity index (χ4v) is 2.50. The number of carbonyl (C=O) groups excluding carboxylic acids is 1. The van der Waals surface area contributed by atoms with Gasteiger partial charge in [0.2, 0.25) is 5.91 Å². The molecule has 0 aliphatic carbocycles. The molecule has 22 heavy (non-hydrogen) atoms. The van der Waals surface area contributed by atoms with Crippen molar-refractivity contribution in [2.45, 2.75) is 25.4 Å². The minimum Gasteiger partial charge on any atom is -0.378 e. The van der Waals surface area contributed by atoms with Gasteiger partial charge in [0.15, 0.2) is 0 Å². The second-order valence-electron chi connectivity index (χ2n) is 5.22. The topological polar surface area (TPSA) is 94.4 Å². The summed E-state index contributed by atoms with van der Waals surface area (Å²) in [6.45, 7) is 0.713. The van der Waals surface area contributed by atoms with E-state index >= 15 is 0 Å². The summed E-state index contributed by atoms with van der Waals surface area (Å²) in [6, 6.07) is 7.77. The smallest absolute Gasteiger partial charge is 0.270 e. The number of anilines is 1. The summed E-state index contributed by atoms with van der Waals surface area (Å²) in [6.07, 6.45) is 2.20. The second-order valence-corrected chi connectivity index (χ2v) is 5.22. The summed E-state index contributed by atoms with van der Waals surface area (Å²) in [5.74, 6) is 0.296. The molecule has 1 fully saturated rings. The number of carbonyl (C=O) groups is 1. The van der Waals surface area contributed by atoms with Crippen molar-refractivity contribution >= 4 is 28.3 Å². The zero-order valence-corrected chi connectivity index (χ0v) is 11.8. The second kappa shape index (κ2) is 6.07. The molecule has 114 valence electrons. The van der Waals surface area contributed by atoms with Crippen molar-refractivity contribution in [1.29, 1.82) is 0 Å². The fourth-order valence-electron chi connectivity index (χ4n) is 2.50. The molecule has 1 aliphatic rings. The number of amides is 1. The predicted octanol–water partition coefficient (Wildman–Crippen LogP) is 2.65. The Morgan fingerprint density at radius 2 is 2.27 bits per heavy atom. The third-order valence-electron chi connectivity index (χ3n) is 3.59. The molecule has 0 radical (unpaired) electrons. The molecule has 3 rings (SSSR count). The largest absolute Gasteiger partial charge is 0.378 e. The standard InChI is InChI=1S/C15H15N3O4/c19-15(9-12-2-1-7-22-12)17-14-6-3-10-8-11(18(20)21)4-5-13(10)16-14/h3-6,8,12H,1-2,7,9H2,(H,16,17,19)/t12-/m0/s1. The molecule has 0 unspecified atom stereocenters. The first-order valence-electron chi connectivity index (χ1n) is 7.08. The quantitative estimate of drug-likeness (QED) is 0.692. The van der Waals surface area contributed by atoms with Gasteiger partial charge >= 0.3 is 0 Å². The van der Waals surface area contributed by atoms with Gasteiger partial charge in [-0.25, -0.2) is 4.98 Å². The van der Waals surface area contributed by atoms with E-state index in [-0.39, 0.29) is 17.7 Å². The lowest BCUT2D eigenvalue weighted by Crippen LogP contribution is -2.19. The van der Waals surface area contributed by atoms with Crippen molar-refractivity contribution in [1.82, 2.24) is 4.98 Å². The molecule has 1 saturated heterocycles. The molecule has 0 saturated carbocycles. The Morgan fingerprint density at radius 1 is 1.41 bits per heavy atom. The number of nitrogens with one attached hydrogen (secondary N) is 1. The molecule has 0 bridgehead atoms. The molecule has 7 nitrogen and oxygen atoms in total. The number of hydrogen-bond acceptors (Lipinski definition) is 5. The predicted molar refractivity (Wildman–Crippen MR) is 80.6 cm³/mol. The zero-order chi connectivity index (χ0) is 15.5. The van der Waals surface area contributed by atoms with Crippen LogP contribution < -0.4 is 5.32 Å². The molecule has 7 heteroatoms. The minimum absolute atomic E-state index is 0.0110. The van der Waals surface area contributed by atoms with Crippen LogP contribution in [-0.4, -0.2) is 28.5 Å². The van der Waals surface area contributed by atoms with E-state index in [4.69, 9.17) is 4.74 Å². The maximum absolute atomic E-state index is 11.9. The number of ether oxygens (including phenoxy) is 1. The third kappa shape index (κ3) is 3.20. The van der Waals surface area contributed by atoms with Crippen LogP contribution in [0.25, 0.3) is 10.9 Å². The number of nitro benzene ring substituents is 1. The first-order chi connectivity index (χ1) is 10.6. The molecule has 1 amide bonds. The number of nitro groups is 1. The van der Waals surface area contributed by atoms with Crippen LogP contribution in [0, 0.1) is 10.1 Å². The molecule has 2 heterocycles. The van der Waals surface area contributed by atoms with Crippen molar-refractivity contribution in [3.05, 3.63) is 40.4 Å². The number of fused-ring (bicyclic) bond motifs is 1.